The average Bonchev–Trinajstić information content (AvgIpc) is 2.05. The van der Waals surface area contributed by atoms with Crippen LogP contribution in [0.25, 0.3) is 0 Å². The van der Waals surface area contributed by atoms with Gasteiger partial charge in [-0.25, -0.2) is 0 Å². The van der Waals surface area contributed by atoms with E-state index < -0.39 is 5.78 Å². The summed E-state index contributed by atoms with van der Waals surface area (Å²) in [6.07, 6.45) is 0. The molecule has 1 aromatic carbocycles. The van der Waals surface area contributed by atoms with Crippen LogP contribution in [0.4, 0.5) is 0 Å². The maximum Gasteiger partial charge on any atom is 0.248 e. The molecule has 0 aliphatic carbocycles. The minimum Gasteiger partial charge on any atom is -0.264 e. The van der Waals surface area contributed by atoms with Gasteiger partial charge >= 0.3 is 0 Å². The topological polar surface area (TPSA) is 43.1 Å². The molecule has 0 heterocycles. The molecule has 0 amide bonds. The Kier molecular flexibility index (Phi) is 2.55. The predicted molar refractivity (Wildman–Crippen MR) is 45.9 cm³/mol. The van der Waals surface area contributed by atoms with Crippen LogP contribution in [0.5, 0.6) is 0 Å². The van der Waals surface area contributed by atoms with Gasteiger partial charge in [0.15, 0.2) is 0 Å². The highest BCUT2D eigenvalue weighted by molar-refractivity contribution is 7.16. The van der Waals surface area contributed by atoms with Crippen LogP contribution < -0.4 is 0 Å². The molecule has 0 aliphatic rings. The van der Waals surface area contributed by atoms with E-state index in [0.717, 1.165) is 0 Å². The average molecular weight is 169 g/mol. The van der Waals surface area contributed by atoms with Gasteiger partial charge in [0.1, 0.15) is 0 Å². The van der Waals surface area contributed by atoms with E-state index in [0.29, 0.717) is 5.56 Å². The van der Waals surface area contributed by atoms with Crippen molar-refractivity contribution in [2.75, 3.05) is 0 Å². The van der Waals surface area contributed by atoms with Crippen LogP contribution in [0, 0.1) is 10.1 Å². The summed E-state index contributed by atoms with van der Waals surface area (Å²) in [5, 5.41) is 10.3. The van der Waals surface area contributed by atoms with Crippen molar-refractivity contribution in [1.82, 2.24) is 0 Å². The molecule has 2 unspecified atom stereocenters. The van der Waals surface area contributed by atoms with E-state index in [1.807, 2.05) is 6.07 Å². The fourth-order valence-corrected chi connectivity index (χ4v) is 0.994. The van der Waals surface area contributed by atoms with E-state index >= 15 is 0 Å². The quantitative estimate of drug-likeness (QED) is 0.385. The van der Waals surface area contributed by atoms with E-state index in [9.17, 15) is 10.1 Å². The van der Waals surface area contributed by atoms with Crippen LogP contribution in [-0.2, 0) is 0 Å². The van der Waals surface area contributed by atoms with Gasteiger partial charge in [-0.2, -0.15) is 0 Å². The first-order valence-electron chi connectivity index (χ1n) is 3.16. The Bertz CT molecular complexity index is 250. The van der Waals surface area contributed by atoms with Crippen molar-refractivity contribution in [2.24, 2.45) is 0 Å². The molecule has 4 heteroatoms. The molecule has 0 aliphatic heterocycles. The van der Waals surface area contributed by atoms with Crippen molar-refractivity contribution in [2.45, 2.75) is 5.78 Å². The fourth-order valence-electron chi connectivity index (χ4n) is 0.772. The summed E-state index contributed by atoms with van der Waals surface area (Å²) < 4.78 is 0. The highest BCUT2D eigenvalue weighted by Gasteiger charge is 2.13. The van der Waals surface area contributed by atoms with Gasteiger partial charge in [-0.1, -0.05) is 39.6 Å². The molecular weight excluding hydrogens is 161 g/mol. The lowest BCUT2D eigenvalue weighted by Crippen LogP contribution is -2.01. The van der Waals surface area contributed by atoms with Gasteiger partial charge in [0.05, 0.1) is 0 Å². The Morgan fingerprint density at radius 1 is 1.36 bits per heavy atom. The van der Waals surface area contributed by atoms with Crippen molar-refractivity contribution in [1.29, 1.82) is 0 Å². The molecule has 1 aromatic rings. The monoisotopic (exact) mass is 169 g/mol. The van der Waals surface area contributed by atoms with Crippen LogP contribution in [0.15, 0.2) is 30.3 Å². The molecule has 0 bridgehead atoms. The molecule has 0 saturated heterocycles. The number of benzene rings is 1. The molecule has 11 heavy (non-hydrogen) atoms. The highest BCUT2D eigenvalue weighted by atomic mass is 31.0. The minimum atomic E-state index is -0.684. The first-order valence-corrected chi connectivity index (χ1v) is 3.82. The van der Waals surface area contributed by atoms with Gasteiger partial charge in [-0.15, -0.1) is 0 Å². The third-order valence-corrected chi connectivity index (χ3v) is 2.00. The van der Waals surface area contributed by atoms with Crippen LogP contribution in [-0.4, -0.2) is 4.92 Å². The summed E-state index contributed by atoms with van der Waals surface area (Å²) >= 11 is 0. The molecule has 0 spiro atoms. The molecule has 0 N–H and O–H groups in total. The van der Waals surface area contributed by atoms with Gasteiger partial charge < -0.3 is 0 Å². The summed E-state index contributed by atoms with van der Waals surface area (Å²) in [7, 11) is 2.19. The van der Waals surface area contributed by atoms with Crippen molar-refractivity contribution in [3.8, 4) is 0 Å². The second-order valence-electron chi connectivity index (χ2n) is 2.14. The van der Waals surface area contributed by atoms with Gasteiger partial charge in [0, 0.05) is 10.5 Å². The maximum atomic E-state index is 10.3. The number of nitro groups is 1. The lowest BCUT2D eigenvalue weighted by Gasteiger charge is -2.01. The summed E-state index contributed by atoms with van der Waals surface area (Å²) in [4.78, 5) is 9.95. The lowest BCUT2D eigenvalue weighted by molar-refractivity contribution is -0.501. The molecular formula is C7H8NO2P. The molecule has 0 fully saturated rings. The van der Waals surface area contributed by atoms with E-state index in [1.54, 1.807) is 24.3 Å². The Balaban J connectivity index is 2.85. The highest BCUT2D eigenvalue weighted by Crippen LogP contribution is 2.22. The Hall–Kier alpha value is -0.950. The molecule has 0 aromatic heterocycles. The standard InChI is InChI=1S/C7H8NO2P/c9-8(10)7(11)6-4-2-1-3-5-6/h1-5,7H,11H2. The molecule has 0 saturated carbocycles. The number of hydrogen-bond donors (Lipinski definition) is 0. The zero-order chi connectivity index (χ0) is 8.27. The normalized spacial score (nSPS) is 12.5. The van der Waals surface area contributed by atoms with E-state index in [4.69, 9.17) is 0 Å². The lowest BCUT2D eigenvalue weighted by atomic mass is 10.2. The van der Waals surface area contributed by atoms with E-state index in [-0.39, 0.29) is 4.92 Å². The number of hydrogen-bond acceptors (Lipinski definition) is 2. The third-order valence-electron chi connectivity index (χ3n) is 1.37. The van der Waals surface area contributed by atoms with Crippen LogP contribution in [0.1, 0.15) is 11.3 Å². The molecule has 3 nitrogen and oxygen atoms in total. The van der Waals surface area contributed by atoms with Crippen LogP contribution in [0.2, 0.25) is 0 Å². The Labute approximate surface area is 66.8 Å². The summed E-state index contributed by atoms with van der Waals surface area (Å²) in [5.41, 5.74) is 0.711. The van der Waals surface area contributed by atoms with E-state index in [1.165, 1.54) is 0 Å². The van der Waals surface area contributed by atoms with Gasteiger partial charge in [-0.3, -0.25) is 10.1 Å². The minimum absolute atomic E-state index is 0.333. The van der Waals surface area contributed by atoms with Crippen LogP contribution >= 0.6 is 9.24 Å². The fraction of sp³-hybridized carbons (Fsp3) is 0.143. The SMILES string of the molecule is O=[N+]([O-])C(P)c1ccccc1. The zero-order valence-corrected chi connectivity index (χ0v) is 6.96. The van der Waals surface area contributed by atoms with Gasteiger partial charge in [0.2, 0.25) is 5.78 Å². The van der Waals surface area contributed by atoms with Gasteiger partial charge in [0.25, 0.3) is 0 Å². The second-order valence-corrected chi connectivity index (χ2v) is 2.77. The maximum absolute atomic E-state index is 10.3. The second kappa shape index (κ2) is 3.44. The predicted octanol–water partition coefficient (Wildman–Crippen LogP) is 1.84. The summed E-state index contributed by atoms with van der Waals surface area (Å²) in [6, 6.07) is 8.88. The zero-order valence-electron chi connectivity index (χ0n) is 5.81. The molecule has 2 atom stereocenters. The molecule has 0 radical (unpaired) electrons. The number of nitrogens with zero attached hydrogens (tertiary/aromatic N) is 1. The largest absolute Gasteiger partial charge is 0.264 e. The van der Waals surface area contributed by atoms with Gasteiger partial charge in [-0.05, 0) is 0 Å². The first-order chi connectivity index (χ1) is 5.22. The Morgan fingerprint density at radius 3 is 2.36 bits per heavy atom. The van der Waals surface area contributed by atoms with Crippen molar-refractivity contribution in [3.63, 3.8) is 0 Å². The first kappa shape index (κ1) is 8.15. The molecule has 1 rings (SSSR count). The van der Waals surface area contributed by atoms with Crippen LogP contribution in [0.3, 0.4) is 0 Å². The molecule has 58 valence electrons. The smallest absolute Gasteiger partial charge is 0.248 e. The number of rotatable bonds is 2. The van der Waals surface area contributed by atoms with Crippen molar-refractivity contribution < 1.29 is 4.92 Å². The Morgan fingerprint density at radius 2 is 1.91 bits per heavy atom. The van der Waals surface area contributed by atoms with E-state index in [2.05, 4.69) is 9.24 Å². The summed E-state index contributed by atoms with van der Waals surface area (Å²) in [5.74, 6) is -0.684. The van der Waals surface area contributed by atoms with Crippen molar-refractivity contribution in [3.05, 3.63) is 46.0 Å². The third kappa shape index (κ3) is 1.99. The van der Waals surface area contributed by atoms with Crippen molar-refractivity contribution >= 4 is 9.24 Å². The summed E-state index contributed by atoms with van der Waals surface area (Å²) in [6.45, 7) is 0.